The van der Waals surface area contributed by atoms with Crippen LogP contribution in [0, 0.1) is 11.2 Å². The van der Waals surface area contributed by atoms with E-state index in [1.807, 2.05) is 24.3 Å². The Hall–Kier alpha value is -2.39. The number of ether oxygens (including phenoxy) is 1. The predicted molar refractivity (Wildman–Crippen MR) is 150 cm³/mol. The quantitative estimate of drug-likeness (QED) is 0.191. The van der Waals surface area contributed by atoms with Crippen LogP contribution in [0.3, 0.4) is 0 Å². The number of halogens is 2. The summed E-state index contributed by atoms with van der Waals surface area (Å²) < 4.78 is 18.7. The number of methoxy groups -OCH3 is 1. The molecule has 0 amide bonds. The predicted octanol–water partition coefficient (Wildman–Crippen LogP) is 6.59. The molecule has 2 aromatic carbocycles. The molecule has 0 saturated carbocycles. The number of nitrogens with zero attached hydrogens (tertiary/aromatic N) is 2. The molecule has 4 rings (SSSR count). The average Bonchev–Trinajstić information content (AvgIpc) is 2.90. The zero-order valence-electron chi connectivity index (χ0n) is 21.5. The van der Waals surface area contributed by atoms with Crippen molar-refractivity contribution in [3.8, 4) is 5.75 Å². The van der Waals surface area contributed by atoms with Gasteiger partial charge in [-0.3, -0.25) is 9.78 Å². The molecule has 1 fully saturated rings. The maximum absolute atomic E-state index is 13.4. The maximum atomic E-state index is 13.4. The molecular weight excluding hydrogens is 527 g/mol. The Morgan fingerprint density at radius 2 is 2.05 bits per heavy atom. The number of aromatic nitrogens is 1. The molecule has 1 aromatic heterocycles. The Balaban J connectivity index is 1.35. The molecule has 0 bridgehead atoms. The van der Waals surface area contributed by atoms with Crippen molar-refractivity contribution in [1.82, 2.24) is 9.88 Å². The lowest BCUT2D eigenvalue weighted by atomic mass is 9.71. The number of aliphatic hydroxyl groups is 1. The van der Waals surface area contributed by atoms with Gasteiger partial charge in [-0.25, -0.2) is 4.39 Å². The van der Waals surface area contributed by atoms with Gasteiger partial charge in [-0.15, -0.1) is 11.8 Å². The van der Waals surface area contributed by atoms with E-state index in [-0.39, 0.29) is 17.7 Å². The first kappa shape index (κ1) is 28.6. The van der Waals surface area contributed by atoms with Crippen molar-refractivity contribution in [1.29, 1.82) is 0 Å². The summed E-state index contributed by atoms with van der Waals surface area (Å²) in [5.41, 5.74) is 0.953. The number of thioether (sulfide) groups is 1. The molecule has 0 aliphatic carbocycles. The minimum atomic E-state index is -0.844. The molecule has 204 valence electrons. The Labute approximate surface area is 232 Å². The molecule has 0 spiro atoms. The summed E-state index contributed by atoms with van der Waals surface area (Å²) in [5.74, 6) is 0.526. The highest BCUT2D eigenvalue weighted by molar-refractivity contribution is 7.99. The number of piperidine rings is 1. The number of benzene rings is 2. The van der Waals surface area contributed by atoms with E-state index in [9.17, 15) is 19.4 Å². The van der Waals surface area contributed by atoms with Crippen LogP contribution in [-0.2, 0) is 4.79 Å². The van der Waals surface area contributed by atoms with Crippen LogP contribution >= 0.6 is 23.4 Å². The van der Waals surface area contributed by atoms with E-state index in [2.05, 4.69) is 9.88 Å². The normalized spacial score (nSPS) is 16.4. The van der Waals surface area contributed by atoms with Gasteiger partial charge in [-0.2, -0.15) is 0 Å². The van der Waals surface area contributed by atoms with E-state index in [0.717, 1.165) is 54.9 Å². The van der Waals surface area contributed by atoms with E-state index in [0.29, 0.717) is 34.7 Å². The lowest BCUT2D eigenvalue weighted by Crippen LogP contribution is -2.41. The van der Waals surface area contributed by atoms with Crippen LogP contribution in [0.25, 0.3) is 10.9 Å². The zero-order chi connectivity index (χ0) is 27.1. The summed E-state index contributed by atoms with van der Waals surface area (Å²) in [5, 5.41) is 22.0. The number of fused-ring (bicyclic) bond motifs is 1. The standard InChI is InChI=1S/C29H34ClFN2O4S/c1-37-21-6-7-25-23(17-21)28(24(30)19-32-25)26(34)8-9-29(18-27(35)36)10-13-33(14-11-29)12-3-15-38-22-5-2-4-20(31)16-22/h2,4-7,16-17,19,26,34H,3,8-15,18H2,1H3,(H,35,36)/t26-/m0/s1. The van der Waals surface area contributed by atoms with Crippen molar-refractivity contribution >= 4 is 40.2 Å². The third-order valence-electron chi connectivity index (χ3n) is 7.48. The number of rotatable bonds is 12. The first-order valence-corrected chi connectivity index (χ1v) is 14.3. The fraction of sp³-hybridized carbons (Fsp3) is 0.448. The number of aliphatic hydroxyl groups excluding tert-OH is 1. The van der Waals surface area contributed by atoms with Crippen molar-refractivity contribution in [3.05, 3.63) is 65.1 Å². The second-order valence-electron chi connectivity index (χ2n) is 10.0. The minimum absolute atomic E-state index is 0.0850. The van der Waals surface area contributed by atoms with Crippen molar-refractivity contribution < 1.29 is 24.1 Å². The van der Waals surface area contributed by atoms with Crippen molar-refractivity contribution in [3.63, 3.8) is 0 Å². The summed E-state index contributed by atoms with van der Waals surface area (Å²) in [4.78, 5) is 19.5. The topological polar surface area (TPSA) is 82.9 Å². The minimum Gasteiger partial charge on any atom is -0.497 e. The van der Waals surface area contributed by atoms with Crippen molar-refractivity contribution in [2.75, 3.05) is 32.5 Å². The number of pyridine rings is 1. The van der Waals surface area contributed by atoms with Crippen molar-refractivity contribution in [2.24, 2.45) is 5.41 Å². The molecule has 1 aliphatic rings. The number of hydrogen-bond donors (Lipinski definition) is 2. The highest BCUT2D eigenvalue weighted by Gasteiger charge is 2.37. The molecule has 1 aliphatic heterocycles. The molecule has 1 atom stereocenters. The van der Waals surface area contributed by atoms with Crippen LogP contribution in [0.15, 0.2) is 53.6 Å². The average molecular weight is 561 g/mol. The zero-order valence-corrected chi connectivity index (χ0v) is 23.1. The van der Waals surface area contributed by atoms with E-state index in [1.165, 1.54) is 6.07 Å². The lowest BCUT2D eigenvalue weighted by Gasteiger charge is -2.41. The van der Waals surface area contributed by atoms with E-state index in [1.54, 1.807) is 37.2 Å². The number of aliphatic carboxylic acids is 1. The molecule has 6 nitrogen and oxygen atoms in total. The Bertz CT molecular complexity index is 1250. The SMILES string of the molecule is COc1ccc2ncc(Cl)c([C@@H](O)CCC3(CC(=O)O)CCN(CCCSc4cccc(F)c4)CC3)c2c1. The summed E-state index contributed by atoms with van der Waals surface area (Å²) >= 11 is 8.13. The van der Waals surface area contributed by atoms with Gasteiger partial charge in [-0.05, 0) is 99.3 Å². The van der Waals surface area contributed by atoms with E-state index >= 15 is 0 Å². The Kier molecular flexibility index (Phi) is 9.87. The van der Waals surface area contributed by atoms with E-state index in [4.69, 9.17) is 16.3 Å². The molecular formula is C29H34ClFN2O4S. The maximum Gasteiger partial charge on any atom is 0.303 e. The second-order valence-corrected chi connectivity index (χ2v) is 11.6. The van der Waals surface area contributed by atoms with E-state index < -0.39 is 12.1 Å². The highest BCUT2D eigenvalue weighted by Crippen LogP contribution is 2.43. The summed E-state index contributed by atoms with van der Waals surface area (Å²) in [6.07, 6.45) is 4.30. The van der Waals surface area contributed by atoms with Gasteiger partial charge < -0.3 is 19.8 Å². The molecule has 38 heavy (non-hydrogen) atoms. The number of hydrogen-bond acceptors (Lipinski definition) is 6. The van der Waals surface area contributed by atoms with Gasteiger partial charge >= 0.3 is 5.97 Å². The smallest absolute Gasteiger partial charge is 0.303 e. The Morgan fingerprint density at radius 3 is 2.76 bits per heavy atom. The third kappa shape index (κ3) is 7.38. The van der Waals surface area contributed by atoms with Crippen molar-refractivity contribution in [2.45, 2.75) is 49.5 Å². The van der Waals surface area contributed by atoms with Gasteiger partial charge in [0.05, 0.1) is 30.2 Å². The third-order valence-corrected chi connectivity index (χ3v) is 8.86. The first-order chi connectivity index (χ1) is 18.3. The van der Waals surface area contributed by atoms with Crippen LogP contribution in [0.2, 0.25) is 5.02 Å². The fourth-order valence-corrected chi connectivity index (χ4v) is 6.50. The molecule has 9 heteroatoms. The summed E-state index contributed by atoms with van der Waals surface area (Å²) in [6.45, 7) is 2.57. The van der Waals surface area contributed by atoms with Crippen LogP contribution in [-0.4, -0.2) is 58.6 Å². The van der Waals surface area contributed by atoms with Crippen LogP contribution in [0.1, 0.15) is 50.2 Å². The largest absolute Gasteiger partial charge is 0.497 e. The molecule has 3 aromatic rings. The van der Waals surface area contributed by atoms with Gasteiger partial charge in [-0.1, -0.05) is 17.7 Å². The number of likely N-dealkylation sites (tertiary alicyclic amines) is 1. The fourth-order valence-electron chi connectivity index (χ4n) is 5.34. The molecule has 0 radical (unpaired) electrons. The summed E-state index contributed by atoms with van der Waals surface area (Å²) in [7, 11) is 1.58. The second kappa shape index (κ2) is 13.1. The first-order valence-electron chi connectivity index (χ1n) is 12.9. The van der Waals surface area contributed by atoms with Gasteiger partial charge in [0.2, 0.25) is 0 Å². The molecule has 1 saturated heterocycles. The van der Waals surface area contributed by atoms with Gasteiger partial charge in [0.15, 0.2) is 0 Å². The Morgan fingerprint density at radius 1 is 1.26 bits per heavy atom. The van der Waals surface area contributed by atoms with Gasteiger partial charge in [0.1, 0.15) is 11.6 Å². The summed E-state index contributed by atoms with van der Waals surface area (Å²) in [6, 6.07) is 12.1. The monoisotopic (exact) mass is 560 g/mol. The number of carbonyl (C=O) groups is 1. The molecule has 2 N–H and O–H groups in total. The number of carboxylic acids is 1. The molecule has 2 heterocycles. The number of carboxylic acid groups (broad SMARTS) is 1. The van der Waals surface area contributed by atoms with Crippen LogP contribution in [0.5, 0.6) is 5.75 Å². The van der Waals surface area contributed by atoms with Gasteiger partial charge in [0, 0.05) is 22.0 Å². The molecule has 0 unspecified atom stereocenters. The van der Waals surface area contributed by atoms with Gasteiger partial charge in [0.25, 0.3) is 0 Å². The highest BCUT2D eigenvalue weighted by atomic mass is 35.5. The lowest BCUT2D eigenvalue weighted by molar-refractivity contribution is -0.141. The van der Waals surface area contributed by atoms with Crippen LogP contribution in [0.4, 0.5) is 4.39 Å². The van der Waals surface area contributed by atoms with Crippen LogP contribution < -0.4 is 4.74 Å².